The van der Waals surface area contributed by atoms with Crippen molar-refractivity contribution >= 4 is 11.8 Å². The highest BCUT2D eigenvalue weighted by Gasteiger charge is 2.50. The van der Waals surface area contributed by atoms with Crippen LogP contribution in [0.2, 0.25) is 0 Å². The predicted octanol–water partition coefficient (Wildman–Crippen LogP) is 4.42. The van der Waals surface area contributed by atoms with Crippen molar-refractivity contribution < 1.29 is 14.3 Å². The molecule has 3 fully saturated rings. The molecule has 2 aromatic rings. The van der Waals surface area contributed by atoms with E-state index in [2.05, 4.69) is 34.5 Å². The number of benzene rings is 2. The monoisotopic (exact) mass is 446 g/mol. The molecule has 1 N–H and O–H groups in total. The molecule has 1 atom stereocenters. The Balaban J connectivity index is 1.38. The van der Waals surface area contributed by atoms with E-state index in [0.29, 0.717) is 18.9 Å². The van der Waals surface area contributed by atoms with E-state index in [4.69, 9.17) is 4.74 Å². The van der Waals surface area contributed by atoms with Crippen molar-refractivity contribution in [2.45, 2.75) is 56.3 Å². The van der Waals surface area contributed by atoms with Crippen LogP contribution in [0.1, 0.15) is 62.0 Å². The molecule has 2 heterocycles. The van der Waals surface area contributed by atoms with Gasteiger partial charge in [-0.05, 0) is 54.4 Å². The van der Waals surface area contributed by atoms with Crippen molar-refractivity contribution in [1.82, 2.24) is 10.2 Å². The van der Waals surface area contributed by atoms with E-state index in [0.717, 1.165) is 57.4 Å². The van der Waals surface area contributed by atoms with E-state index >= 15 is 0 Å². The zero-order chi connectivity index (χ0) is 22.9. The number of nitrogens with one attached hydrogen (secondary N) is 1. The molecule has 2 amide bonds. The molecule has 1 aliphatic carbocycles. The molecule has 2 aromatic carbocycles. The summed E-state index contributed by atoms with van der Waals surface area (Å²) in [4.78, 5) is 28.5. The van der Waals surface area contributed by atoms with Gasteiger partial charge in [0.2, 0.25) is 11.8 Å². The van der Waals surface area contributed by atoms with Gasteiger partial charge in [0, 0.05) is 32.0 Å². The van der Waals surface area contributed by atoms with E-state index in [1.807, 2.05) is 30.3 Å². The predicted molar refractivity (Wildman–Crippen MR) is 128 cm³/mol. The number of hydrogen-bond acceptors (Lipinski definition) is 3. The second-order valence-corrected chi connectivity index (χ2v) is 10.1. The summed E-state index contributed by atoms with van der Waals surface area (Å²) in [5, 5.41) is 3.09. The highest BCUT2D eigenvalue weighted by atomic mass is 16.5. The Morgan fingerprint density at radius 1 is 1.00 bits per heavy atom. The second-order valence-electron chi connectivity index (χ2n) is 10.1. The zero-order valence-electron chi connectivity index (χ0n) is 19.5. The van der Waals surface area contributed by atoms with Gasteiger partial charge in [-0.3, -0.25) is 9.59 Å². The zero-order valence-corrected chi connectivity index (χ0v) is 19.5. The standard InChI is InChI=1S/C28H34N2O3/c1-33-23-11-7-8-21(18-23)24-20-29-25(31)19-27(24)14-16-30(17-15-27)26(32)28(12-5-6-13-28)22-9-3-2-4-10-22/h2-4,7-11,18,24H,5-6,12-17,19-20H2,1H3,(H,29,31)/t24-/m1/s1. The van der Waals surface area contributed by atoms with Crippen LogP contribution in [0.15, 0.2) is 54.6 Å². The number of piperidine rings is 2. The largest absolute Gasteiger partial charge is 0.497 e. The highest BCUT2D eigenvalue weighted by Crippen LogP contribution is 2.50. The molecular weight excluding hydrogens is 412 g/mol. The first-order valence-corrected chi connectivity index (χ1v) is 12.3. The Labute approximate surface area is 196 Å². The van der Waals surface area contributed by atoms with Gasteiger partial charge in [-0.25, -0.2) is 0 Å². The second kappa shape index (κ2) is 8.85. The average Bonchev–Trinajstić information content (AvgIpc) is 3.36. The van der Waals surface area contributed by atoms with Crippen LogP contribution in [-0.2, 0) is 15.0 Å². The molecule has 2 saturated heterocycles. The first kappa shape index (κ1) is 22.0. The van der Waals surface area contributed by atoms with Crippen LogP contribution < -0.4 is 10.1 Å². The summed E-state index contributed by atoms with van der Waals surface area (Å²) < 4.78 is 5.46. The fourth-order valence-electron chi connectivity index (χ4n) is 6.61. The highest BCUT2D eigenvalue weighted by molar-refractivity contribution is 5.89. The lowest BCUT2D eigenvalue weighted by molar-refractivity contribution is -0.141. The maximum atomic E-state index is 13.9. The van der Waals surface area contributed by atoms with E-state index in [1.165, 1.54) is 11.1 Å². The fraction of sp³-hybridized carbons (Fsp3) is 0.500. The summed E-state index contributed by atoms with van der Waals surface area (Å²) in [6.45, 7) is 2.09. The van der Waals surface area contributed by atoms with Crippen LogP contribution in [0.25, 0.3) is 0 Å². The van der Waals surface area contributed by atoms with E-state index in [-0.39, 0.29) is 22.7 Å². The third-order valence-corrected chi connectivity index (χ3v) is 8.49. The van der Waals surface area contributed by atoms with Gasteiger partial charge in [-0.1, -0.05) is 55.3 Å². The molecule has 1 saturated carbocycles. The van der Waals surface area contributed by atoms with Crippen molar-refractivity contribution in [2.75, 3.05) is 26.7 Å². The number of likely N-dealkylation sites (tertiary alicyclic amines) is 1. The molecule has 174 valence electrons. The van der Waals surface area contributed by atoms with Gasteiger partial charge in [-0.2, -0.15) is 0 Å². The quantitative estimate of drug-likeness (QED) is 0.756. The van der Waals surface area contributed by atoms with Crippen molar-refractivity contribution in [3.63, 3.8) is 0 Å². The number of ether oxygens (including phenoxy) is 1. The maximum absolute atomic E-state index is 13.9. The number of methoxy groups -OCH3 is 1. The third-order valence-electron chi connectivity index (χ3n) is 8.49. The van der Waals surface area contributed by atoms with E-state index in [1.54, 1.807) is 7.11 Å². The number of rotatable bonds is 4. The van der Waals surface area contributed by atoms with Crippen LogP contribution in [0.5, 0.6) is 5.75 Å². The summed E-state index contributed by atoms with van der Waals surface area (Å²) in [6.07, 6.45) is 6.34. The topological polar surface area (TPSA) is 58.6 Å². The Kier molecular flexibility index (Phi) is 5.90. The van der Waals surface area contributed by atoms with Gasteiger partial charge in [0.25, 0.3) is 0 Å². The minimum absolute atomic E-state index is 0.110. The molecule has 5 rings (SSSR count). The molecule has 33 heavy (non-hydrogen) atoms. The molecule has 3 aliphatic rings. The summed E-state index contributed by atoms with van der Waals surface area (Å²) in [5.41, 5.74) is 1.90. The molecule has 1 spiro atoms. The first-order valence-electron chi connectivity index (χ1n) is 12.3. The molecule has 5 nitrogen and oxygen atoms in total. The number of nitrogens with zero attached hydrogens (tertiary/aromatic N) is 1. The summed E-state index contributed by atoms with van der Waals surface area (Å²) >= 11 is 0. The van der Waals surface area contributed by atoms with Crippen LogP contribution >= 0.6 is 0 Å². The minimum atomic E-state index is -0.373. The average molecular weight is 447 g/mol. The van der Waals surface area contributed by atoms with Crippen molar-refractivity contribution in [3.05, 3.63) is 65.7 Å². The van der Waals surface area contributed by atoms with Gasteiger partial charge in [-0.15, -0.1) is 0 Å². The maximum Gasteiger partial charge on any atom is 0.233 e. The summed E-state index contributed by atoms with van der Waals surface area (Å²) in [6, 6.07) is 18.6. The molecule has 0 radical (unpaired) electrons. The van der Waals surface area contributed by atoms with E-state index in [9.17, 15) is 9.59 Å². The minimum Gasteiger partial charge on any atom is -0.497 e. The van der Waals surface area contributed by atoms with Crippen LogP contribution in [0.4, 0.5) is 0 Å². The van der Waals surface area contributed by atoms with Crippen LogP contribution in [0, 0.1) is 5.41 Å². The lowest BCUT2D eigenvalue weighted by Gasteiger charge is -2.50. The first-order chi connectivity index (χ1) is 16.1. The Morgan fingerprint density at radius 2 is 1.73 bits per heavy atom. The molecule has 5 heteroatoms. The van der Waals surface area contributed by atoms with Gasteiger partial charge < -0.3 is 15.0 Å². The number of hydrogen-bond donors (Lipinski definition) is 1. The van der Waals surface area contributed by atoms with Crippen molar-refractivity contribution in [2.24, 2.45) is 5.41 Å². The fourth-order valence-corrected chi connectivity index (χ4v) is 6.61. The normalized spacial score (nSPS) is 23.8. The van der Waals surface area contributed by atoms with E-state index < -0.39 is 0 Å². The van der Waals surface area contributed by atoms with Crippen molar-refractivity contribution in [1.29, 1.82) is 0 Å². The van der Waals surface area contributed by atoms with Crippen molar-refractivity contribution in [3.8, 4) is 5.75 Å². The SMILES string of the molecule is COc1cccc([C@H]2CNC(=O)CC23CCN(C(=O)C2(c4ccccc4)CCCC2)CC3)c1. The van der Waals surface area contributed by atoms with Gasteiger partial charge in [0.15, 0.2) is 0 Å². The Hall–Kier alpha value is -2.82. The number of carbonyl (C=O) groups is 2. The summed E-state index contributed by atoms with van der Waals surface area (Å²) in [5.74, 6) is 1.50. The number of carbonyl (C=O) groups excluding carboxylic acids is 2. The molecule has 0 aromatic heterocycles. The smallest absolute Gasteiger partial charge is 0.233 e. The molecule has 0 bridgehead atoms. The molecule has 0 unspecified atom stereocenters. The Bertz CT molecular complexity index is 1000. The number of amides is 2. The van der Waals surface area contributed by atoms with Crippen LogP contribution in [-0.4, -0.2) is 43.5 Å². The van der Waals surface area contributed by atoms with Gasteiger partial charge in [0.05, 0.1) is 12.5 Å². The third kappa shape index (κ3) is 3.92. The summed E-state index contributed by atoms with van der Waals surface area (Å²) in [7, 11) is 1.69. The molecular formula is C28H34N2O3. The Morgan fingerprint density at radius 3 is 2.42 bits per heavy atom. The van der Waals surface area contributed by atoms with Crippen LogP contribution in [0.3, 0.4) is 0 Å². The lowest BCUT2D eigenvalue weighted by Crippen LogP contribution is -2.55. The van der Waals surface area contributed by atoms with Gasteiger partial charge >= 0.3 is 0 Å². The molecule has 2 aliphatic heterocycles. The van der Waals surface area contributed by atoms with Gasteiger partial charge in [0.1, 0.15) is 5.75 Å². The lowest BCUT2D eigenvalue weighted by atomic mass is 9.62.